The van der Waals surface area contributed by atoms with Crippen LogP contribution in [0.25, 0.3) is 5.69 Å². The van der Waals surface area contributed by atoms with E-state index in [9.17, 15) is 4.79 Å². The second-order valence-corrected chi connectivity index (χ2v) is 6.44. The quantitative estimate of drug-likeness (QED) is 0.862. The van der Waals surface area contributed by atoms with Crippen molar-refractivity contribution in [2.45, 2.75) is 52.5 Å². The van der Waals surface area contributed by atoms with Crippen LogP contribution in [-0.4, -0.2) is 33.2 Å². The predicted octanol–water partition coefficient (Wildman–Crippen LogP) is 3.89. The molecule has 3 rings (SSSR count). The van der Waals surface area contributed by atoms with E-state index < -0.39 is 0 Å². The Morgan fingerprint density at radius 3 is 2.57 bits per heavy atom. The molecule has 1 fully saturated rings. The summed E-state index contributed by atoms with van der Waals surface area (Å²) in [6.45, 7) is 7.08. The molecular weight excluding hydrogens is 286 g/mol. The van der Waals surface area contributed by atoms with Crippen molar-refractivity contribution in [3.63, 3.8) is 0 Å². The lowest BCUT2D eigenvalue weighted by Gasteiger charge is -2.35. The van der Waals surface area contributed by atoms with E-state index in [1.54, 1.807) is 0 Å². The van der Waals surface area contributed by atoms with Gasteiger partial charge in [0.15, 0.2) is 0 Å². The molecule has 4 heteroatoms. The van der Waals surface area contributed by atoms with E-state index in [4.69, 9.17) is 0 Å². The van der Waals surface area contributed by atoms with Crippen molar-refractivity contribution in [2.75, 3.05) is 6.54 Å². The van der Waals surface area contributed by atoms with Gasteiger partial charge in [0.1, 0.15) is 0 Å². The molecular formula is C19H25N3O. The third kappa shape index (κ3) is 3.16. The van der Waals surface area contributed by atoms with Gasteiger partial charge in [0.2, 0.25) is 0 Å². The Kier molecular flexibility index (Phi) is 4.51. The summed E-state index contributed by atoms with van der Waals surface area (Å²) in [7, 11) is 0. The maximum Gasteiger partial charge on any atom is 0.254 e. The molecule has 0 spiro atoms. The fraction of sp³-hybridized carbons (Fsp3) is 0.474. The number of piperidine rings is 1. The average molecular weight is 311 g/mol. The van der Waals surface area contributed by atoms with E-state index >= 15 is 0 Å². The molecule has 0 saturated carbocycles. The maximum absolute atomic E-state index is 12.8. The van der Waals surface area contributed by atoms with Gasteiger partial charge in [-0.15, -0.1) is 0 Å². The Bertz CT molecular complexity index is 687. The number of benzene rings is 1. The van der Waals surface area contributed by atoms with Crippen LogP contribution in [0.2, 0.25) is 0 Å². The number of hydrogen-bond acceptors (Lipinski definition) is 2. The van der Waals surface area contributed by atoms with E-state index in [0.717, 1.165) is 48.4 Å². The van der Waals surface area contributed by atoms with Gasteiger partial charge in [-0.05, 0) is 69.9 Å². The minimum atomic E-state index is 0.163. The third-order valence-corrected chi connectivity index (χ3v) is 4.73. The molecule has 1 amide bonds. The summed E-state index contributed by atoms with van der Waals surface area (Å²) in [5.74, 6) is 0.163. The molecule has 2 aromatic rings. The Hall–Kier alpha value is -2.10. The summed E-state index contributed by atoms with van der Waals surface area (Å²) in [4.78, 5) is 14.8. The van der Waals surface area contributed by atoms with Crippen molar-refractivity contribution >= 4 is 5.91 Å². The maximum atomic E-state index is 12.8. The number of aromatic nitrogens is 2. The standard InChI is InChI=1S/C19H25N3O/c1-4-17-7-5-6-12-21(17)19(23)16-8-10-18(11-9-16)22-15(3)13-14(2)20-22/h8-11,13,17H,4-7,12H2,1-3H3. The minimum Gasteiger partial charge on any atom is -0.336 e. The number of likely N-dealkylation sites (tertiary alicyclic amines) is 1. The number of carbonyl (C=O) groups excluding carboxylic acids is 1. The lowest BCUT2D eigenvalue weighted by Crippen LogP contribution is -2.43. The van der Waals surface area contributed by atoms with Gasteiger partial charge in [-0.1, -0.05) is 6.92 Å². The van der Waals surface area contributed by atoms with E-state index in [-0.39, 0.29) is 5.91 Å². The highest BCUT2D eigenvalue weighted by Crippen LogP contribution is 2.22. The van der Waals surface area contributed by atoms with Crippen LogP contribution in [0.3, 0.4) is 0 Å². The molecule has 1 aliphatic rings. The van der Waals surface area contributed by atoms with Crippen molar-refractivity contribution in [2.24, 2.45) is 0 Å². The van der Waals surface area contributed by atoms with Crippen LogP contribution < -0.4 is 0 Å². The van der Waals surface area contributed by atoms with E-state index in [1.165, 1.54) is 6.42 Å². The Labute approximate surface area is 138 Å². The Morgan fingerprint density at radius 2 is 1.96 bits per heavy atom. The fourth-order valence-corrected chi connectivity index (χ4v) is 3.49. The summed E-state index contributed by atoms with van der Waals surface area (Å²) < 4.78 is 1.92. The van der Waals surface area contributed by atoms with Gasteiger partial charge < -0.3 is 4.90 Å². The third-order valence-electron chi connectivity index (χ3n) is 4.73. The highest BCUT2D eigenvalue weighted by Gasteiger charge is 2.26. The van der Waals surface area contributed by atoms with Crippen molar-refractivity contribution in [1.29, 1.82) is 0 Å². The van der Waals surface area contributed by atoms with Gasteiger partial charge in [0.05, 0.1) is 11.4 Å². The number of rotatable bonds is 3. The molecule has 1 aromatic carbocycles. The van der Waals surface area contributed by atoms with Gasteiger partial charge in [0, 0.05) is 23.8 Å². The van der Waals surface area contributed by atoms with Crippen LogP contribution in [0.5, 0.6) is 0 Å². The molecule has 0 bridgehead atoms. The SMILES string of the molecule is CCC1CCCCN1C(=O)c1ccc(-n2nc(C)cc2C)cc1. The second kappa shape index (κ2) is 6.57. The van der Waals surface area contributed by atoms with Gasteiger partial charge in [-0.2, -0.15) is 5.10 Å². The predicted molar refractivity (Wildman–Crippen MR) is 92.0 cm³/mol. The number of amides is 1. The molecule has 2 heterocycles. The minimum absolute atomic E-state index is 0.163. The van der Waals surface area contributed by atoms with Crippen molar-refractivity contribution < 1.29 is 4.79 Å². The van der Waals surface area contributed by atoms with Crippen LogP contribution in [-0.2, 0) is 0 Å². The largest absolute Gasteiger partial charge is 0.336 e. The molecule has 1 unspecified atom stereocenters. The number of nitrogens with zero attached hydrogens (tertiary/aromatic N) is 3. The number of carbonyl (C=O) groups is 1. The lowest BCUT2D eigenvalue weighted by atomic mass is 9.99. The number of hydrogen-bond donors (Lipinski definition) is 0. The topological polar surface area (TPSA) is 38.1 Å². The molecule has 0 radical (unpaired) electrons. The Balaban J connectivity index is 1.81. The fourth-order valence-electron chi connectivity index (χ4n) is 3.49. The zero-order valence-corrected chi connectivity index (χ0v) is 14.2. The molecule has 4 nitrogen and oxygen atoms in total. The normalized spacial score (nSPS) is 18.2. The highest BCUT2D eigenvalue weighted by atomic mass is 16.2. The monoisotopic (exact) mass is 311 g/mol. The van der Waals surface area contributed by atoms with Gasteiger partial charge in [0.25, 0.3) is 5.91 Å². The molecule has 122 valence electrons. The van der Waals surface area contributed by atoms with Crippen LogP contribution in [0.1, 0.15) is 54.4 Å². The summed E-state index contributed by atoms with van der Waals surface area (Å²) in [5, 5.41) is 4.49. The van der Waals surface area contributed by atoms with E-state index in [1.807, 2.05) is 42.8 Å². The lowest BCUT2D eigenvalue weighted by molar-refractivity contribution is 0.0608. The first kappa shape index (κ1) is 15.8. The van der Waals surface area contributed by atoms with Crippen molar-refractivity contribution in [3.8, 4) is 5.69 Å². The number of aryl methyl sites for hydroxylation is 2. The first-order valence-corrected chi connectivity index (χ1v) is 8.55. The van der Waals surface area contributed by atoms with Crippen molar-refractivity contribution in [1.82, 2.24) is 14.7 Å². The first-order valence-electron chi connectivity index (χ1n) is 8.55. The zero-order valence-electron chi connectivity index (χ0n) is 14.2. The summed E-state index contributed by atoms with van der Waals surface area (Å²) in [6, 6.07) is 10.3. The van der Waals surface area contributed by atoms with Gasteiger partial charge in [-0.25, -0.2) is 4.68 Å². The van der Waals surface area contributed by atoms with Gasteiger partial charge >= 0.3 is 0 Å². The molecule has 23 heavy (non-hydrogen) atoms. The molecule has 1 saturated heterocycles. The Morgan fingerprint density at radius 1 is 1.22 bits per heavy atom. The van der Waals surface area contributed by atoms with Crippen LogP contribution in [0, 0.1) is 13.8 Å². The molecule has 1 aliphatic heterocycles. The molecule has 0 aliphatic carbocycles. The summed E-state index contributed by atoms with van der Waals surface area (Å²) >= 11 is 0. The molecule has 1 aromatic heterocycles. The van der Waals surface area contributed by atoms with Crippen LogP contribution >= 0.6 is 0 Å². The highest BCUT2D eigenvalue weighted by molar-refractivity contribution is 5.94. The first-order chi connectivity index (χ1) is 11.1. The zero-order chi connectivity index (χ0) is 16.4. The van der Waals surface area contributed by atoms with Crippen molar-refractivity contribution in [3.05, 3.63) is 47.3 Å². The van der Waals surface area contributed by atoms with Crippen LogP contribution in [0.4, 0.5) is 0 Å². The van der Waals surface area contributed by atoms with Gasteiger partial charge in [-0.3, -0.25) is 4.79 Å². The van der Waals surface area contributed by atoms with E-state index in [2.05, 4.69) is 23.0 Å². The smallest absolute Gasteiger partial charge is 0.254 e. The molecule has 0 N–H and O–H groups in total. The summed E-state index contributed by atoms with van der Waals surface area (Å²) in [6.07, 6.45) is 4.52. The van der Waals surface area contributed by atoms with E-state index in [0.29, 0.717) is 6.04 Å². The summed E-state index contributed by atoms with van der Waals surface area (Å²) in [5.41, 5.74) is 3.87. The molecule has 1 atom stereocenters. The second-order valence-electron chi connectivity index (χ2n) is 6.44. The van der Waals surface area contributed by atoms with Crippen LogP contribution in [0.15, 0.2) is 30.3 Å². The average Bonchev–Trinajstić information content (AvgIpc) is 2.92.